The molecule has 0 atom stereocenters. The summed E-state index contributed by atoms with van der Waals surface area (Å²) < 4.78 is 32.2. The smallest absolute Gasteiger partial charge is 0.258 e. The predicted molar refractivity (Wildman–Crippen MR) is 82.3 cm³/mol. The maximum atomic E-state index is 12.0. The predicted octanol–water partition coefficient (Wildman–Crippen LogP) is 2.50. The van der Waals surface area contributed by atoms with Gasteiger partial charge in [-0.25, -0.2) is 18.1 Å². The van der Waals surface area contributed by atoms with E-state index in [9.17, 15) is 8.42 Å². The number of methoxy groups -OCH3 is 1. The number of nitrogens with zero attached hydrogens (tertiary/aromatic N) is 1. The van der Waals surface area contributed by atoms with Crippen LogP contribution in [0, 0.1) is 0 Å². The topological polar surface area (TPSA) is 68.3 Å². The minimum atomic E-state index is -3.57. The largest absolute Gasteiger partial charge is 0.383 e. The summed E-state index contributed by atoms with van der Waals surface area (Å²) in [4.78, 5) is 4.17. The molecular formula is C12H13BrN2O3S2. The van der Waals surface area contributed by atoms with Crippen molar-refractivity contribution < 1.29 is 13.2 Å². The van der Waals surface area contributed by atoms with E-state index in [1.54, 1.807) is 0 Å². The molecule has 0 aliphatic carbocycles. The molecule has 0 amide bonds. The average Bonchev–Trinajstić information content (AvgIpc) is 2.90. The highest BCUT2D eigenvalue weighted by molar-refractivity contribution is 9.10. The van der Waals surface area contributed by atoms with Gasteiger partial charge in [0.1, 0.15) is 5.01 Å². The van der Waals surface area contributed by atoms with E-state index in [0.717, 1.165) is 10.0 Å². The summed E-state index contributed by atoms with van der Waals surface area (Å²) in [6.07, 6.45) is 0. The maximum absolute atomic E-state index is 12.0. The third kappa shape index (κ3) is 3.86. The molecule has 2 rings (SSSR count). The van der Waals surface area contributed by atoms with Gasteiger partial charge in [0.25, 0.3) is 10.0 Å². The molecule has 0 aliphatic rings. The molecule has 2 aromatic rings. The summed E-state index contributed by atoms with van der Waals surface area (Å²) in [7, 11) is -2.05. The van der Waals surface area contributed by atoms with Gasteiger partial charge in [-0.3, -0.25) is 0 Å². The lowest BCUT2D eigenvalue weighted by molar-refractivity contribution is 0.204. The molecule has 0 unspecified atom stereocenters. The molecule has 20 heavy (non-hydrogen) atoms. The fraction of sp³-hybridized carbons (Fsp3) is 0.250. The van der Waals surface area contributed by atoms with Crippen LogP contribution >= 0.6 is 27.3 Å². The van der Waals surface area contributed by atoms with E-state index in [0.29, 0.717) is 11.6 Å². The highest BCUT2D eigenvalue weighted by Gasteiger charge is 2.18. The number of sulfonamides is 1. The summed E-state index contributed by atoms with van der Waals surface area (Å²) in [5.74, 6) is 0. The fourth-order valence-electron chi connectivity index (χ4n) is 1.46. The molecule has 8 heteroatoms. The number of benzene rings is 1. The number of hydrogen-bond acceptors (Lipinski definition) is 5. The summed E-state index contributed by atoms with van der Waals surface area (Å²) in [6.45, 7) is 0.549. The Hall–Kier alpha value is -0.800. The SMILES string of the molecule is COCCNS(=O)(=O)c1csc(-c2ccc(Br)cc2)n1. The van der Waals surface area contributed by atoms with Crippen molar-refractivity contribution in [2.45, 2.75) is 5.03 Å². The summed E-state index contributed by atoms with van der Waals surface area (Å²) >= 11 is 4.65. The number of halogens is 1. The molecule has 0 saturated heterocycles. The number of ether oxygens (including phenoxy) is 1. The molecular weight excluding hydrogens is 364 g/mol. The second-order valence-corrected chi connectivity index (χ2v) is 7.38. The van der Waals surface area contributed by atoms with Crippen molar-refractivity contribution in [3.8, 4) is 10.6 Å². The Morgan fingerprint density at radius 3 is 2.70 bits per heavy atom. The van der Waals surface area contributed by atoms with Gasteiger partial charge in [0, 0.05) is 29.1 Å². The Kier molecular flexibility index (Phi) is 5.28. The van der Waals surface area contributed by atoms with E-state index in [1.165, 1.54) is 23.8 Å². The molecule has 0 aliphatic heterocycles. The summed E-state index contributed by atoms with van der Waals surface area (Å²) in [5.41, 5.74) is 0.886. The van der Waals surface area contributed by atoms with Crippen LogP contribution in [-0.2, 0) is 14.8 Å². The lowest BCUT2D eigenvalue weighted by atomic mass is 10.2. The zero-order chi connectivity index (χ0) is 14.6. The second kappa shape index (κ2) is 6.77. The van der Waals surface area contributed by atoms with Crippen molar-refractivity contribution in [1.29, 1.82) is 0 Å². The summed E-state index contributed by atoms with van der Waals surface area (Å²) in [6, 6.07) is 7.55. The van der Waals surface area contributed by atoms with Gasteiger partial charge in [0.05, 0.1) is 6.61 Å². The first kappa shape index (κ1) is 15.6. The van der Waals surface area contributed by atoms with E-state index >= 15 is 0 Å². The van der Waals surface area contributed by atoms with E-state index in [1.807, 2.05) is 24.3 Å². The molecule has 5 nitrogen and oxygen atoms in total. The second-order valence-electron chi connectivity index (χ2n) is 3.89. The average molecular weight is 377 g/mol. The molecule has 0 spiro atoms. The van der Waals surface area contributed by atoms with Gasteiger partial charge in [-0.2, -0.15) is 0 Å². The fourth-order valence-corrected chi connectivity index (χ4v) is 3.83. The zero-order valence-electron chi connectivity index (χ0n) is 10.7. The van der Waals surface area contributed by atoms with Gasteiger partial charge in [-0.15, -0.1) is 11.3 Å². The molecule has 0 radical (unpaired) electrons. The van der Waals surface area contributed by atoms with Crippen LogP contribution in [0.15, 0.2) is 39.1 Å². The first-order chi connectivity index (χ1) is 9.53. The van der Waals surface area contributed by atoms with Gasteiger partial charge in [-0.1, -0.05) is 28.1 Å². The van der Waals surface area contributed by atoms with E-state index < -0.39 is 10.0 Å². The first-order valence-corrected chi connectivity index (χ1v) is 8.88. The van der Waals surface area contributed by atoms with Crippen molar-refractivity contribution in [2.75, 3.05) is 20.3 Å². The van der Waals surface area contributed by atoms with Crippen LogP contribution in [0.2, 0.25) is 0 Å². The van der Waals surface area contributed by atoms with Gasteiger partial charge < -0.3 is 4.74 Å². The van der Waals surface area contributed by atoms with Gasteiger partial charge in [0.2, 0.25) is 0 Å². The first-order valence-electron chi connectivity index (χ1n) is 5.73. The van der Waals surface area contributed by atoms with Crippen molar-refractivity contribution in [3.63, 3.8) is 0 Å². The third-order valence-electron chi connectivity index (χ3n) is 2.45. The Balaban J connectivity index is 2.18. The number of nitrogens with one attached hydrogen (secondary N) is 1. The quantitative estimate of drug-likeness (QED) is 0.786. The molecule has 1 N–H and O–H groups in total. The van der Waals surface area contributed by atoms with Gasteiger partial charge in [-0.05, 0) is 12.1 Å². The molecule has 108 valence electrons. The minimum Gasteiger partial charge on any atom is -0.383 e. The van der Waals surface area contributed by atoms with Crippen LogP contribution in [-0.4, -0.2) is 33.7 Å². The minimum absolute atomic E-state index is 0.0384. The Bertz CT molecular complexity index is 668. The van der Waals surface area contributed by atoms with Crippen LogP contribution in [0.5, 0.6) is 0 Å². The Morgan fingerprint density at radius 2 is 2.05 bits per heavy atom. The molecule has 1 aromatic heterocycles. The lowest BCUT2D eigenvalue weighted by Crippen LogP contribution is -2.27. The zero-order valence-corrected chi connectivity index (χ0v) is 13.9. The highest BCUT2D eigenvalue weighted by Crippen LogP contribution is 2.26. The van der Waals surface area contributed by atoms with Crippen molar-refractivity contribution in [3.05, 3.63) is 34.1 Å². The van der Waals surface area contributed by atoms with Crippen molar-refractivity contribution >= 4 is 37.3 Å². The van der Waals surface area contributed by atoms with E-state index in [4.69, 9.17) is 4.74 Å². The number of thiazole rings is 1. The van der Waals surface area contributed by atoms with Crippen LogP contribution < -0.4 is 4.72 Å². The Morgan fingerprint density at radius 1 is 1.35 bits per heavy atom. The van der Waals surface area contributed by atoms with Crippen LogP contribution in [0.1, 0.15) is 0 Å². The van der Waals surface area contributed by atoms with Crippen molar-refractivity contribution in [1.82, 2.24) is 9.71 Å². The van der Waals surface area contributed by atoms with Crippen LogP contribution in [0.4, 0.5) is 0 Å². The molecule has 0 saturated carbocycles. The molecule has 1 aromatic carbocycles. The standard InChI is InChI=1S/C12H13BrN2O3S2/c1-18-7-6-14-20(16,17)11-8-19-12(15-11)9-2-4-10(13)5-3-9/h2-5,8,14H,6-7H2,1H3. The van der Waals surface area contributed by atoms with Gasteiger partial charge in [0.15, 0.2) is 5.03 Å². The van der Waals surface area contributed by atoms with E-state index in [-0.39, 0.29) is 11.6 Å². The third-order valence-corrected chi connectivity index (χ3v) is 5.36. The number of rotatable bonds is 6. The van der Waals surface area contributed by atoms with Gasteiger partial charge >= 0.3 is 0 Å². The normalized spacial score (nSPS) is 11.7. The Labute approximate surface area is 130 Å². The lowest BCUT2D eigenvalue weighted by Gasteiger charge is -2.02. The van der Waals surface area contributed by atoms with E-state index in [2.05, 4.69) is 25.6 Å². The van der Waals surface area contributed by atoms with Crippen LogP contribution in [0.25, 0.3) is 10.6 Å². The number of aromatic nitrogens is 1. The maximum Gasteiger partial charge on any atom is 0.258 e. The molecule has 1 heterocycles. The molecule has 0 bridgehead atoms. The monoisotopic (exact) mass is 376 g/mol. The number of hydrogen-bond donors (Lipinski definition) is 1. The van der Waals surface area contributed by atoms with Crippen LogP contribution in [0.3, 0.4) is 0 Å². The van der Waals surface area contributed by atoms with Crippen molar-refractivity contribution in [2.24, 2.45) is 0 Å². The molecule has 0 fully saturated rings. The highest BCUT2D eigenvalue weighted by atomic mass is 79.9. The summed E-state index contributed by atoms with van der Waals surface area (Å²) in [5, 5.41) is 2.24.